The second-order valence-corrected chi connectivity index (χ2v) is 8.49. The summed E-state index contributed by atoms with van der Waals surface area (Å²) in [5.41, 5.74) is 5.47. The van der Waals surface area contributed by atoms with Gasteiger partial charge >= 0.3 is 11.9 Å². The summed E-state index contributed by atoms with van der Waals surface area (Å²) in [6, 6.07) is 2.50. The molecular weight excluding hydrogens is 448 g/mol. The number of hydrogen-bond acceptors (Lipinski definition) is 10. The van der Waals surface area contributed by atoms with Gasteiger partial charge in [-0.25, -0.2) is 4.79 Å². The summed E-state index contributed by atoms with van der Waals surface area (Å²) in [4.78, 5) is 55.0. The molecular formula is C18H20N4O7S2. The Bertz CT molecular complexity index is 945. The van der Waals surface area contributed by atoms with Gasteiger partial charge in [0.2, 0.25) is 0 Å². The fourth-order valence-electron chi connectivity index (χ4n) is 2.97. The molecule has 2 amide bonds. The van der Waals surface area contributed by atoms with E-state index in [4.69, 9.17) is 15.3 Å². The number of carboxylic acids is 1. The molecule has 11 nitrogen and oxygen atoms in total. The molecule has 166 valence electrons. The summed E-state index contributed by atoms with van der Waals surface area (Å²) in [6.07, 6.45) is 0. The Kier molecular flexibility index (Phi) is 7.30. The number of β-lactam (4-membered cyclic amide) rings is 1. The number of aliphatic carboxylic acids is 1. The van der Waals surface area contributed by atoms with Crippen molar-refractivity contribution in [3.63, 3.8) is 0 Å². The van der Waals surface area contributed by atoms with Crippen molar-refractivity contribution < 1.29 is 33.9 Å². The van der Waals surface area contributed by atoms with Crippen LogP contribution in [0.2, 0.25) is 0 Å². The Morgan fingerprint density at radius 2 is 2.19 bits per heavy atom. The van der Waals surface area contributed by atoms with Crippen molar-refractivity contribution in [3.8, 4) is 0 Å². The van der Waals surface area contributed by atoms with Crippen LogP contribution in [0.4, 0.5) is 0 Å². The average Bonchev–Trinajstić information content (AvgIpc) is 3.26. The van der Waals surface area contributed by atoms with E-state index in [0.717, 1.165) is 4.90 Å². The lowest BCUT2D eigenvalue weighted by molar-refractivity contribution is -0.150. The van der Waals surface area contributed by atoms with Gasteiger partial charge in [0.25, 0.3) is 11.8 Å². The van der Waals surface area contributed by atoms with Crippen molar-refractivity contribution in [1.29, 1.82) is 0 Å². The van der Waals surface area contributed by atoms with E-state index in [1.807, 2.05) is 0 Å². The maximum Gasteiger partial charge on any atom is 0.352 e. The molecule has 0 bridgehead atoms. The third kappa shape index (κ3) is 4.89. The Morgan fingerprint density at radius 1 is 1.42 bits per heavy atom. The number of amides is 2. The summed E-state index contributed by atoms with van der Waals surface area (Å²) in [5, 5.41) is 17.2. The molecule has 31 heavy (non-hydrogen) atoms. The predicted octanol–water partition coefficient (Wildman–Crippen LogP) is -0.271. The van der Waals surface area contributed by atoms with Crippen molar-refractivity contribution in [3.05, 3.63) is 33.7 Å². The van der Waals surface area contributed by atoms with Crippen LogP contribution in [0.25, 0.3) is 0 Å². The molecule has 1 aromatic heterocycles. The zero-order valence-corrected chi connectivity index (χ0v) is 18.0. The zero-order chi connectivity index (χ0) is 22.5. The smallest absolute Gasteiger partial charge is 0.352 e. The average molecular weight is 469 g/mol. The first-order valence-corrected chi connectivity index (χ1v) is 11.1. The first-order chi connectivity index (χ1) is 14.8. The molecule has 3 heterocycles. The predicted molar refractivity (Wildman–Crippen MR) is 112 cm³/mol. The highest BCUT2D eigenvalue weighted by atomic mass is 32.2. The van der Waals surface area contributed by atoms with E-state index < -0.39 is 35.2 Å². The number of carbonyl (C=O) groups excluding carboxylic acids is 3. The van der Waals surface area contributed by atoms with Crippen LogP contribution >= 0.6 is 23.1 Å². The number of ether oxygens (including phenoxy) is 1. The molecule has 1 saturated heterocycles. The minimum Gasteiger partial charge on any atom is -0.477 e. The minimum atomic E-state index is -1.30. The van der Waals surface area contributed by atoms with Gasteiger partial charge in [0.1, 0.15) is 30.3 Å². The summed E-state index contributed by atoms with van der Waals surface area (Å²) in [7, 11) is 0. The number of hydrogen-bond donors (Lipinski definition) is 3. The number of carbonyl (C=O) groups is 4. The topological polar surface area (TPSA) is 161 Å². The number of fused-ring (bicyclic) bond motifs is 1. The highest BCUT2D eigenvalue weighted by molar-refractivity contribution is 8.00. The van der Waals surface area contributed by atoms with Gasteiger partial charge in [-0.2, -0.15) is 0 Å². The number of esters is 1. The summed E-state index contributed by atoms with van der Waals surface area (Å²) in [6.45, 7) is 1.33. The van der Waals surface area contributed by atoms with E-state index in [1.54, 1.807) is 17.5 Å². The normalized spacial score (nSPS) is 20.6. The molecule has 0 saturated carbocycles. The van der Waals surface area contributed by atoms with E-state index in [-0.39, 0.29) is 36.9 Å². The van der Waals surface area contributed by atoms with Crippen LogP contribution in [-0.2, 0) is 28.8 Å². The number of nitrogens with two attached hydrogens (primary N) is 1. The van der Waals surface area contributed by atoms with Crippen LogP contribution in [0.3, 0.4) is 0 Å². The number of carboxylic acid groups (broad SMARTS) is 1. The lowest BCUT2D eigenvalue weighted by atomic mass is 10.0. The van der Waals surface area contributed by atoms with Gasteiger partial charge < -0.3 is 25.7 Å². The largest absolute Gasteiger partial charge is 0.477 e. The van der Waals surface area contributed by atoms with Gasteiger partial charge in [0.15, 0.2) is 5.71 Å². The van der Waals surface area contributed by atoms with Crippen LogP contribution in [0.5, 0.6) is 0 Å². The van der Waals surface area contributed by atoms with Crippen LogP contribution in [0.1, 0.15) is 11.8 Å². The molecule has 1 fully saturated rings. The number of thioether (sulfide) groups is 1. The highest BCUT2D eigenvalue weighted by Gasteiger charge is 2.54. The van der Waals surface area contributed by atoms with Gasteiger partial charge in [-0.15, -0.1) is 23.1 Å². The lowest BCUT2D eigenvalue weighted by Gasteiger charge is -2.49. The Hall–Kier alpha value is -2.90. The lowest BCUT2D eigenvalue weighted by Crippen LogP contribution is -2.71. The molecule has 3 rings (SSSR count). The molecule has 0 aromatic carbocycles. The van der Waals surface area contributed by atoms with Gasteiger partial charge in [-0.3, -0.25) is 19.3 Å². The van der Waals surface area contributed by atoms with E-state index in [2.05, 4.69) is 10.5 Å². The number of nitrogens with zero attached hydrogens (tertiary/aromatic N) is 2. The quantitative estimate of drug-likeness (QED) is 0.146. The van der Waals surface area contributed by atoms with Crippen LogP contribution < -0.4 is 11.1 Å². The number of nitrogens with one attached hydrogen (secondary N) is 1. The molecule has 2 atom stereocenters. The number of thiophene rings is 1. The van der Waals surface area contributed by atoms with E-state index in [0.29, 0.717) is 10.5 Å². The van der Waals surface area contributed by atoms with Crippen LogP contribution in [-0.4, -0.2) is 76.4 Å². The zero-order valence-electron chi connectivity index (χ0n) is 16.4. The fraction of sp³-hybridized carbons (Fsp3) is 0.389. The van der Waals surface area contributed by atoms with E-state index in [1.165, 1.54) is 30.0 Å². The second-order valence-electron chi connectivity index (χ2n) is 6.44. The van der Waals surface area contributed by atoms with Crippen LogP contribution in [0.15, 0.2) is 33.9 Å². The molecule has 0 radical (unpaired) electrons. The first-order valence-electron chi connectivity index (χ1n) is 9.13. The minimum absolute atomic E-state index is 0.0000526. The first kappa shape index (κ1) is 22.8. The van der Waals surface area contributed by atoms with E-state index >= 15 is 0 Å². The maximum atomic E-state index is 12.8. The van der Waals surface area contributed by atoms with Crippen LogP contribution in [0, 0.1) is 0 Å². The molecule has 0 spiro atoms. The Morgan fingerprint density at radius 3 is 2.81 bits per heavy atom. The van der Waals surface area contributed by atoms with Crippen molar-refractivity contribution in [2.45, 2.75) is 18.3 Å². The molecule has 2 aliphatic heterocycles. The molecule has 2 aliphatic rings. The summed E-state index contributed by atoms with van der Waals surface area (Å²) < 4.78 is 4.90. The van der Waals surface area contributed by atoms with Gasteiger partial charge in [0.05, 0.1) is 4.88 Å². The third-order valence-electron chi connectivity index (χ3n) is 4.32. The number of rotatable bonds is 9. The molecule has 13 heteroatoms. The third-order valence-corrected chi connectivity index (χ3v) is 6.54. The van der Waals surface area contributed by atoms with Gasteiger partial charge in [0, 0.05) is 24.8 Å². The molecule has 0 unspecified atom stereocenters. The molecule has 4 N–H and O–H groups in total. The van der Waals surface area contributed by atoms with Crippen molar-refractivity contribution in [2.75, 3.05) is 25.5 Å². The van der Waals surface area contributed by atoms with Gasteiger partial charge in [-0.1, -0.05) is 11.2 Å². The van der Waals surface area contributed by atoms with Crippen molar-refractivity contribution in [2.24, 2.45) is 10.9 Å². The fourth-order valence-corrected chi connectivity index (χ4v) is 5.00. The Balaban J connectivity index is 1.75. The highest BCUT2D eigenvalue weighted by Crippen LogP contribution is 2.40. The monoisotopic (exact) mass is 468 g/mol. The SMILES string of the molecule is CC(=O)OCC1=C(C(=O)O)N2C(=O)[C@@H](NC(=O)C(=NOCCN)c3cccs3)[C@H]2SC1. The second kappa shape index (κ2) is 9.94. The summed E-state index contributed by atoms with van der Waals surface area (Å²) in [5.74, 6) is -2.81. The van der Waals surface area contributed by atoms with Gasteiger partial charge in [-0.05, 0) is 11.4 Å². The molecule has 1 aromatic rings. The standard InChI is InChI=1S/C18H20N4O7S2/c1-9(23)28-7-10-8-31-17-13(16(25)22(17)14(10)18(26)27)20-15(24)12(21-29-5-4-19)11-3-2-6-30-11/h2-3,6,13,17H,4-5,7-8,19H2,1H3,(H,20,24)(H,26,27)/t13-,17-/m1/s1. The van der Waals surface area contributed by atoms with Crippen molar-refractivity contribution >= 4 is 52.6 Å². The number of oxime groups is 1. The Labute approximate surface area is 185 Å². The molecule has 0 aliphatic carbocycles. The van der Waals surface area contributed by atoms with E-state index in [9.17, 15) is 24.3 Å². The summed E-state index contributed by atoms with van der Waals surface area (Å²) >= 11 is 2.55. The maximum absolute atomic E-state index is 12.8. The van der Waals surface area contributed by atoms with Crippen molar-refractivity contribution in [1.82, 2.24) is 10.2 Å².